The Kier molecular flexibility index (Phi) is 4.28. The molecule has 1 aliphatic rings. The molecule has 8 heteroatoms. The van der Waals surface area contributed by atoms with Crippen LogP contribution >= 0.6 is 0 Å². The lowest BCUT2D eigenvalue weighted by Gasteiger charge is -2.31. The van der Waals surface area contributed by atoms with Crippen molar-refractivity contribution >= 4 is 15.7 Å². The predicted molar refractivity (Wildman–Crippen MR) is 71.0 cm³/mol. The lowest BCUT2D eigenvalue weighted by atomic mass is 9.95. The van der Waals surface area contributed by atoms with Crippen LogP contribution in [0.4, 0.5) is 10.1 Å². The summed E-state index contributed by atoms with van der Waals surface area (Å²) in [6.07, 6.45) is 0.706. The topological polar surface area (TPSA) is 102 Å². The molecule has 20 heavy (non-hydrogen) atoms. The number of nitrogens with one attached hydrogen (secondary N) is 1. The van der Waals surface area contributed by atoms with Gasteiger partial charge < -0.3 is 15.6 Å². The van der Waals surface area contributed by atoms with Gasteiger partial charge in [0.2, 0.25) is 10.0 Å². The van der Waals surface area contributed by atoms with Gasteiger partial charge in [-0.05, 0) is 18.2 Å². The van der Waals surface area contributed by atoms with E-state index in [0.717, 1.165) is 6.07 Å². The molecule has 0 unspecified atom stereocenters. The monoisotopic (exact) mass is 304 g/mol. The van der Waals surface area contributed by atoms with Crippen LogP contribution in [0, 0.1) is 5.82 Å². The quantitative estimate of drug-likeness (QED) is 0.691. The molecule has 0 saturated carbocycles. The van der Waals surface area contributed by atoms with E-state index in [9.17, 15) is 17.9 Å². The molecular formula is C12H17FN2O4S. The highest BCUT2D eigenvalue weighted by Gasteiger charge is 2.31. The molecule has 1 fully saturated rings. The summed E-state index contributed by atoms with van der Waals surface area (Å²) in [5.74, 6) is -0.794. The fourth-order valence-corrected chi connectivity index (χ4v) is 3.05. The van der Waals surface area contributed by atoms with Crippen LogP contribution in [0.2, 0.25) is 0 Å². The van der Waals surface area contributed by atoms with Crippen LogP contribution in [0.3, 0.4) is 0 Å². The predicted octanol–water partition coefficient (Wildman–Crippen LogP) is 0.228. The third kappa shape index (κ3) is 3.45. The molecular weight excluding hydrogens is 287 g/mol. The summed E-state index contributed by atoms with van der Waals surface area (Å²) in [6, 6.07) is 3.26. The maximum absolute atomic E-state index is 13.3. The van der Waals surface area contributed by atoms with Crippen molar-refractivity contribution in [3.8, 4) is 0 Å². The van der Waals surface area contributed by atoms with E-state index in [4.69, 9.17) is 10.5 Å². The van der Waals surface area contributed by atoms with Crippen molar-refractivity contribution in [2.24, 2.45) is 0 Å². The van der Waals surface area contributed by atoms with Gasteiger partial charge in [0, 0.05) is 32.6 Å². The zero-order valence-electron chi connectivity index (χ0n) is 10.8. The van der Waals surface area contributed by atoms with E-state index in [1.807, 2.05) is 0 Å². The number of hydrogen-bond acceptors (Lipinski definition) is 5. The average molecular weight is 304 g/mol. The van der Waals surface area contributed by atoms with Crippen LogP contribution in [0.1, 0.15) is 12.8 Å². The highest BCUT2D eigenvalue weighted by Crippen LogP contribution is 2.21. The number of halogens is 1. The minimum absolute atomic E-state index is 0.119. The molecule has 1 aromatic carbocycles. The number of ether oxygens (including phenoxy) is 1. The Balaban J connectivity index is 2.09. The maximum atomic E-state index is 13.3. The second-order valence-corrected chi connectivity index (χ2v) is 6.61. The van der Waals surface area contributed by atoms with Crippen molar-refractivity contribution in [2.45, 2.75) is 23.3 Å². The molecule has 0 aromatic heterocycles. The first kappa shape index (κ1) is 15.2. The summed E-state index contributed by atoms with van der Waals surface area (Å²) < 4.78 is 44.7. The van der Waals surface area contributed by atoms with Gasteiger partial charge in [-0.25, -0.2) is 17.5 Å². The summed E-state index contributed by atoms with van der Waals surface area (Å²) >= 11 is 0. The minimum atomic E-state index is -3.88. The first-order valence-electron chi connectivity index (χ1n) is 6.17. The highest BCUT2D eigenvalue weighted by atomic mass is 32.2. The molecule has 0 spiro atoms. The summed E-state index contributed by atoms with van der Waals surface area (Å²) in [5.41, 5.74) is 4.05. The van der Waals surface area contributed by atoms with Gasteiger partial charge in [0.25, 0.3) is 0 Å². The van der Waals surface area contributed by atoms with Gasteiger partial charge in [0.05, 0.1) is 16.2 Å². The van der Waals surface area contributed by atoms with Gasteiger partial charge in [-0.3, -0.25) is 0 Å². The summed E-state index contributed by atoms with van der Waals surface area (Å²) in [7, 11) is -3.88. The third-order valence-electron chi connectivity index (χ3n) is 3.30. The summed E-state index contributed by atoms with van der Waals surface area (Å²) in [5, 5.41) is 10.2. The molecule has 6 nitrogen and oxygen atoms in total. The van der Waals surface area contributed by atoms with Crippen LogP contribution in [-0.4, -0.2) is 38.9 Å². The largest absolute Gasteiger partial charge is 0.396 e. The SMILES string of the molecule is Nc1ccc(S(=O)(=O)NCC2(O)CCOCC2)cc1F. The third-order valence-corrected chi connectivity index (χ3v) is 4.70. The fraction of sp³-hybridized carbons (Fsp3) is 0.500. The Morgan fingerprint density at radius 1 is 1.40 bits per heavy atom. The van der Waals surface area contributed by atoms with Crippen LogP contribution in [0.25, 0.3) is 0 Å². The number of aliphatic hydroxyl groups is 1. The van der Waals surface area contributed by atoms with Crippen LogP contribution < -0.4 is 10.5 Å². The van der Waals surface area contributed by atoms with E-state index in [1.165, 1.54) is 12.1 Å². The highest BCUT2D eigenvalue weighted by molar-refractivity contribution is 7.89. The van der Waals surface area contributed by atoms with Crippen molar-refractivity contribution in [2.75, 3.05) is 25.5 Å². The van der Waals surface area contributed by atoms with E-state index < -0.39 is 21.4 Å². The zero-order valence-corrected chi connectivity index (χ0v) is 11.6. The summed E-state index contributed by atoms with van der Waals surface area (Å²) in [6.45, 7) is 0.633. The van der Waals surface area contributed by atoms with Crippen molar-refractivity contribution in [3.63, 3.8) is 0 Å². The number of benzene rings is 1. The van der Waals surface area contributed by atoms with Gasteiger partial charge in [-0.15, -0.1) is 0 Å². The first-order valence-corrected chi connectivity index (χ1v) is 7.66. The molecule has 0 radical (unpaired) electrons. The normalized spacial score (nSPS) is 18.9. The second kappa shape index (κ2) is 5.65. The van der Waals surface area contributed by atoms with E-state index in [-0.39, 0.29) is 17.1 Å². The number of anilines is 1. The number of nitrogen functional groups attached to an aromatic ring is 1. The van der Waals surface area contributed by atoms with E-state index in [0.29, 0.717) is 26.1 Å². The summed E-state index contributed by atoms with van der Waals surface area (Å²) in [4.78, 5) is -0.222. The smallest absolute Gasteiger partial charge is 0.240 e. The Bertz CT molecular complexity index is 585. The van der Waals surface area contributed by atoms with Gasteiger partial charge in [-0.1, -0.05) is 0 Å². The minimum Gasteiger partial charge on any atom is -0.396 e. The molecule has 1 heterocycles. The molecule has 4 N–H and O–H groups in total. The van der Waals surface area contributed by atoms with E-state index in [2.05, 4.69) is 4.72 Å². The van der Waals surface area contributed by atoms with Crippen LogP contribution in [0.15, 0.2) is 23.1 Å². The van der Waals surface area contributed by atoms with Crippen molar-refractivity contribution in [3.05, 3.63) is 24.0 Å². The Morgan fingerprint density at radius 3 is 2.65 bits per heavy atom. The molecule has 1 aromatic rings. The zero-order chi connectivity index (χ0) is 14.8. The maximum Gasteiger partial charge on any atom is 0.240 e. The Labute approximate surface area is 116 Å². The molecule has 0 atom stereocenters. The number of rotatable bonds is 4. The van der Waals surface area contributed by atoms with E-state index >= 15 is 0 Å². The van der Waals surface area contributed by atoms with Crippen molar-refractivity contribution in [1.82, 2.24) is 4.72 Å². The van der Waals surface area contributed by atoms with Crippen molar-refractivity contribution in [1.29, 1.82) is 0 Å². The van der Waals surface area contributed by atoms with Crippen molar-refractivity contribution < 1.29 is 22.7 Å². The van der Waals surface area contributed by atoms with Crippen LogP contribution in [0.5, 0.6) is 0 Å². The average Bonchev–Trinajstić information content (AvgIpc) is 2.41. The Hall–Kier alpha value is -1.22. The first-order chi connectivity index (χ1) is 9.32. The molecule has 1 aliphatic heterocycles. The molecule has 1 saturated heterocycles. The lowest BCUT2D eigenvalue weighted by molar-refractivity contribution is -0.0588. The lowest BCUT2D eigenvalue weighted by Crippen LogP contribution is -2.46. The molecule has 0 aliphatic carbocycles. The van der Waals surface area contributed by atoms with Crippen LogP contribution in [-0.2, 0) is 14.8 Å². The molecule has 2 rings (SSSR count). The van der Waals surface area contributed by atoms with Gasteiger partial charge in [0.15, 0.2) is 0 Å². The molecule has 112 valence electrons. The Morgan fingerprint density at radius 2 is 2.05 bits per heavy atom. The molecule has 0 bridgehead atoms. The second-order valence-electron chi connectivity index (χ2n) is 4.84. The van der Waals surface area contributed by atoms with Gasteiger partial charge >= 0.3 is 0 Å². The number of sulfonamides is 1. The number of hydrogen-bond donors (Lipinski definition) is 3. The fourth-order valence-electron chi connectivity index (χ4n) is 1.92. The van der Waals surface area contributed by atoms with Gasteiger partial charge in [-0.2, -0.15) is 0 Å². The standard InChI is InChI=1S/C12H17FN2O4S/c13-10-7-9(1-2-11(10)14)20(17,18)15-8-12(16)3-5-19-6-4-12/h1-2,7,15-16H,3-6,8,14H2. The molecule has 0 amide bonds. The van der Waals surface area contributed by atoms with Gasteiger partial charge in [0.1, 0.15) is 5.82 Å². The van der Waals surface area contributed by atoms with E-state index in [1.54, 1.807) is 0 Å². The number of nitrogens with two attached hydrogens (primary N) is 1.